The quantitative estimate of drug-likeness (QED) is 0.735. The molecule has 2 aromatic carbocycles. The highest BCUT2D eigenvalue weighted by molar-refractivity contribution is 5.94. The minimum absolute atomic E-state index is 0.167. The summed E-state index contributed by atoms with van der Waals surface area (Å²) in [5, 5.41) is 9.89. The summed E-state index contributed by atoms with van der Waals surface area (Å²) >= 11 is 0. The Morgan fingerprint density at radius 1 is 1.20 bits per heavy atom. The lowest BCUT2D eigenvalue weighted by atomic mass is 10.1. The average Bonchev–Trinajstić information content (AvgIpc) is 2.66. The predicted octanol–water partition coefficient (Wildman–Crippen LogP) is 3.39. The lowest BCUT2D eigenvalue weighted by Crippen LogP contribution is -2.27. The molecule has 0 bridgehead atoms. The first kappa shape index (κ1) is 16.5. The molecule has 1 amide bonds. The van der Waals surface area contributed by atoms with Crippen LogP contribution >= 0.6 is 0 Å². The van der Waals surface area contributed by atoms with E-state index >= 15 is 0 Å². The van der Waals surface area contributed by atoms with Gasteiger partial charge in [-0.1, -0.05) is 18.2 Å². The number of benzene rings is 2. The van der Waals surface area contributed by atoms with Crippen molar-refractivity contribution < 1.29 is 9.53 Å². The molecule has 124 valence electrons. The molecule has 0 saturated carbocycles. The van der Waals surface area contributed by atoms with Gasteiger partial charge in [0.05, 0.1) is 24.3 Å². The second-order valence-corrected chi connectivity index (χ2v) is 5.73. The first-order chi connectivity index (χ1) is 12.1. The molecule has 1 aromatic heterocycles. The highest BCUT2D eigenvalue weighted by Gasteiger charge is 2.14. The molecule has 0 aliphatic rings. The van der Waals surface area contributed by atoms with E-state index < -0.39 is 0 Å². The highest BCUT2D eigenvalue weighted by Crippen LogP contribution is 2.20. The molecule has 0 unspecified atom stereocenters. The number of pyridine rings is 1. The molecule has 25 heavy (non-hydrogen) atoms. The molecule has 1 heterocycles. The number of hydrogen-bond acceptors (Lipinski definition) is 4. The molecule has 0 saturated heterocycles. The number of hydrogen-bond donors (Lipinski definition) is 0. The topological polar surface area (TPSA) is 66.2 Å². The number of fused-ring (bicyclic) bond motifs is 1. The zero-order valence-electron chi connectivity index (χ0n) is 14.1. The van der Waals surface area contributed by atoms with E-state index in [9.17, 15) is 4.79 Å². The van der Waals surface area contributed by atoms with E-state index in [4.69, 9.17) is 10.00 Å². The zero-order chi connectivity index (χ0) is 17.8. The number of carbonyl (C=O) groups is 1. The lowest BCUT2D eigenvalue weighted by Gasteiger charge is -2.17. The Hall–Kier alpha value is -3.39. The Balaban J connectivity index is 1.81. The second kappa shape index (κ2) is 7.02. The smallest absolute Gasteiger partial charge is 0.272 e. The minimum atomic E-state index is -0.167. The Morgan fingerprint density at radius 3 is 2.80 bits per heavy atom. The van der Waals surface area contributed by atoms with Gasteiger partial charge in [0.1, 0.15) is 11.4 Å². The third kappa shape index (κ3) is 3.59. The van der Waals surface area contributed by atoms with E-state index in [1.165, 1.54) is 0 Å². The van der Waals surface area contributed by atoms with Crippen molar-refractivity contribution in [2.24, 2.45) is 0 Å². The van der Waals surface area contributed by atoms with E-state index in [-0.39, 0.29) is 5.91 Å². The Bertz CT molecular complexity index is 976. The minimum Gasteiger partial charge on any atom is -0.497 e. The van der Waals surface area contributed by atoms with Crippen LogP contribution < -0.4 is 4.74 Å². The highest BCUT2D eigenvalue weighted by atomic mass is 16.5. The number of aromatic nitrogens is 1. The van der Waals surface area contributed by atoms with Crippen LogP contribution in [0.4, 0.5) is 0 Å². The maximum absolute atomic E-state index is 12.6. The van der Waals surface area contributed by atoms with Gasteiger partial charge < -0.3 is 9.64 Å². The number of nitriles is 1. The second-order valence-electron chi connectivity index (χ2n) is 5.73. The molecule has 5 heteroatoms. The lowest BCUT2D eigenvalue weighted by molar-refractivity contribution is 0.0779. The zero-order valence-corrected chi connectivity index (χ0v) is 14.1. The van der Waals surface area contributed by atoms with Crippen molar-refractivity contribution in [1.82, 2.24) is 9.88 Å². The molecule has 0 aliphatic heterocycles. The van der Waals surface area contributed by atoms with E-state index in [1.54, 1.807) is 37.3 Å². The van der Waals surface area contributed by atoms with Crippen LogP contribution in [-0.4, -0.2) is 29.9 Å². The van der Waals surface area contributed by atoms with Crippen LogP contribution in [0.5, 0.6) is 5.75 Å². The van der Waals surface area contributed by atoms with E-state index in [0.29, 0.717) is 17.8 Å². The van der Waals surface area contributed by atoms with Crippen LogP contribution in [0, 0.1) is 11.3 Å². The van der Waals surface area contributed by atoms with Crippen molar-refractivity contribution in [1.29, 1.82) is 5.26 Å². The number of nitrogens with zero attached hydrogens (tertiary/aromatic N) is 3. The summed E-state index contributed by atoms with van der Waals surface area (Å²) < 4.78 is 5.20. The van der Waals surface area contributed by atoms with Crippen molar-refractivity contribution in [2.45, 2.75) is 6.54 Å². The van der Waals surface area contributed by atoms with Gasteiger partial charge in [0.15, 0.2) is 0 Å². The van der Waals surface area contributed by atoms with E-state index in [1.807, 2.05) is 36.4 Å². The SMILES string of the molecule is COc1ccc2nc(C(=O)N(C)Cc3cccc(C#N)c3)ccc2c1. The monoisotopic (exact) mass is 331 g/mol. The van der Waals surface area contributed by atoms with Gasteiger partial charge in [-0.2, -0.15) is 5.26 Å². The largest absolute Gasteiger partial charge is 0.497 e. The van der Waals surface area contributed by atoms with Crippen molar-refractivity contribution in [2.75, 3.05) is 14.2 Å². The number of ether oxygens (including phenoxy) is 1. The van der Waals surface area contributed by atoms with Gasteiger partial charge in [-0.05, 0) is 42.0 Å². The maximum atomic E-state index is 12.6. The normalized spacial score (nSPS) is 10.3. The van der Waals surface area contributed by atoms with Crippen molar-refractivity contribution >= 4 is 16.8 Å². The van der Waals surface area contributed by atoms with Crippen LogP contribution in [0.3, 0.4) is 0 Å². The first-order valence-electron chi connectivity index (χ1n) is 7.80. The van der Waals surface area contributed by atoms with Gasteiger partial charge >= 0.3 is 0 Å². The standard InChI is InChI=1S/C20H17N3O2/c1-23(13-15-5-3-4-14(10-15)12-21)20(24)19-8-6-16-11-17(25-2)7-9-18(16)22-19/h3-11H,13H2,1-2H3. The van der Waals surface area contributed by atoms with Crippen LogP contribution in [0.2, 0.25) is 0 Å². The maximum Gasteiger partial charge on any atom is 0.272 e. The molecule has 3 rings (SSSR count). The molecular weight excluding hydrogens is 314 g/mol. The Morgan fingerprint density at radius 2 is 2.04 bits per heavy atom. The van der Waals surface area contributed by atoms with Gasteiger partial charge in [0.25, 0.3) is 5.91 Å². The summed E-state index contributed by atoms with van der Waals surface area (Å²) in [6.45, 7) is 0.413. The van der Waals surface area contributed by atoms with Gasteiger partial charge in [0, 0.05) is 19.0 Å². The van der Waals surface area contributed by atoms with Gasteiger partial charge in [-0.15, -0.1) is 0 Å². The summed E-state index contributed by atoms with van der Waals surface area (Å²) in [4.78, 5) is 18.7. The van der Waals surface area contributed by atoms with Crippen LogP contribution in [0.25, 0.3) is 10.9 Å². The Labute approximate surface area is 146 Å². The summed E-state index contributed by atoms with van der Waals surface area (Å²) in [5.41, 5.74) is 2.61. The van der Waals surface area contributed by atoms with Crippen LogP contribution in [-0.2, 0) is 6.54 Å². The molecule has 0 spiro atoms. The van der Waals surface area contributed by atoms with Crippen molar-refractivity contribution in [3.63, 3.8) is 0 Å². The molecule has 0 radical (unpaired) electrons. The van der Waals surface area contributed by atoms with Crippen molar-refractivity contribution in [3.8, 4) is 11.8 Å². The molecule has 0 N–H and O–H groups in total. The molecule has 0 atom stereocenters. The average molecular weight is 331 g/mol. The number of rotatable bonds is 4. The van der Waals surface area contributed by atoms with Crippen LogP contribution in [0.15, 0.2) is 54.6 Å². The summed E-state index contributed by atoms with van der Waals surface area (Å²) in [6.07, 6.45) is 0. The summed E-state index contributed by atoms with van der Waals surface area (Å²) in [7, 11) is 3.34. The van der Waals surface area contributed by atoms with Gasteiger partial charge in [-0.25, -0.2) is 4.98 Å². The Kier molecular flexibility index (Phi) is 4.62. The summed E-state index contributed by atoms with van der Waals surface area (Å²) in [5.74, 6) is 0.586. The third-order valence-corrected chi connectivity index (χ3v) is 3.94. The first-order valence-corrected chi connectivity index (χ1v) is 7.80. The number of carbonyl (C=O) groups excluding carboxylic acids is 1. The molecular formula is C20H17N3O2. The van der Waals surface area contributed by atoms with E-state index in [2.05, 4.69) is 11.1 Å². The fourth-order valence-corrected chi connectivity index (χ4v) is 2.63. The third-order valence-electron chi connectivity index (χ3n) is 3.94. The van der Waals surface area contributed by atoms with Gasteiger partial charge in [-0.3, -0.25) is 4.79 Å². The summed E-state index contributed by atoms with van der Waals surface area (Å²) in [6, 6.07) is 18.4. The van der Waals surface area contributed by atoms with Gasteiger partial charge in [0.2, 0.25) is 0 Å². The fourth-order valence-electron chi connectivity index (χ4n) is 2.63. The molecule has 0 aliphatic carbocycles. The fraction of sp³-hybridized carbons (Fsp3) is 0.150. The van der Waals surface area contributed by atoms with Crippen LogP contribution in [0.1, 0.15) is 21.6 Å². The predicted molar refractivity (Wildman–Crippen MR) is 95.2 cm³/mol. The number of methoxy groups -OCH3 is 1. The molecule has 5 nitrogen and oxygen atoms in total. The van der Waals surface area contributed by atoms with Crippen molar-refractivity contribution in [3.05, 3.63) is 71.4 Å². The molecule has 0 fully saturated rings. The molecule has 3 aromatic rings. The van der Waals surface area contributed by atoms with E-state index in [0.717, 1.165) is 22.2 Å². The number of amides is 1.